The predicted octanol–water partition coefficient (Wildman–Crippen LogP) is 3.93. The molecule has 11 heteroatoms. The first-order chi connectivity index (χ1) is 18.6. The van der Waals surface area contributed by atoms with Crippen molar-refractivity contribution in [2.24, 2.45) is 7.05 Å². The summed E-state index contributed by atoms with van der Waals surface area (Å²) in [5.41, 5.74) is 10.8. The van der Waals surface area contributed by atoms with Crippen LogP contribution in [0.25, 0.3) is 22.2 Å². The number of nitrogen functional groups attached to an aromatic ring is 1. The van der Waals surface area contributed by atoms with Crippen LogP contribution >= 0.6 is 0 Å². The summed E-state index contributed by atoms with van der Waals surface area (Å²) in [6.07, 6.45) is 2.94. The van der Waals surface area contributed by atoms with E-state index in [-0.39, 0.29) is 17.6 Å². The molecule has 0 saturated carbocycles. The van der Waals surface area contributed by atoms with Crippen molar-refractivity contribution in [1.82, 2.24) is 24.6 Å². The molecule has 0 aliphatic rings. The highest BCUT2D eigenvalue weighted by Gasteiger charge is 2.22. The van der Waals surface area contributed by atoms with Gasteiger partial charge in [-0.3, -0.25) is 4.68 Å². The fraction of sp³-hybridized carbons (Fsp3) is 0.357. The van der Waals surface area contributed by atoms with E-state index in [9.17, 15) is 4.79 Å². The van der Waals surface area contributed by atoms with Crippen LogP contribution in [0.1, 0.15) is 24.2 Å². The third kappa shape index (κ3) is 6.04. The maximum Gasteiger partial charge on any atom is 0.342 e. The van der Waals surface area contributed by atoms with Crippen LogP contribution < -0.4 is 20.7 Å². The Bertz CT molecular complexity index is 1480. The first kappa shape index (κ1) is 27.6. The van der Waals surface area contributed by atoms with Gasteiger partial charge in [-0.2, -0.15) is 5.10 Å². The number of aryl methyl sites for hydroxylation is 1. The number of carbonyl (C=O) groups is 1. The third-order valence-corrected chi connectivity index (χ3v) is 6.29. The number of methoxy groups -OCH3 is 1. The average molecular weight is 533 g/mol. The summed E-state index contributed by atoms with van der Waals surface area (Å²) in [7, 11) is 9.51. The van der Waals surface area contributed by atoms with Crippen LogP contribution in [0, 0.1) is 0 Å². The number of likely N-dealkylation sites (N-methyl/N-ethyl adjacent to an activating group) is 2. The molecule has 2 heterocycles. The number of esters is 1. The molecular weight excluding hydrogens is 496 g/mol. The molecule has 0 aliphatic heterocycles. The number of benzene rings is 2. The first-order valence-electron chi connectivity index (χ1n) is 12.7. The molecule has 206 valence electrons. The van der Waals surface area contributed by atoms with E-state index >= 15 is 0 Å². The number of rotatable bonds is 10. The summed E-state index contributed by atoms with van der Waals surface area (Å²) in [6.45, 7) is 5.28. The van der Waals surface area contributed by atoms with E-state index in [1.54, 1.807) is 37.9 Å². The minimum atomic E-state index is -0.501. The Kier molecular flexibility index (Phi) is 8.20. The van der Waals surface area contributed by atoms with Gasteiger partial charge in [-0.25, -0.2) is 14.8 Å². The Morgan fingerprint density at radius 1 is 1.15 bits per heavy atom. The Morgan fingerprint density at radius 2 is 1.92 bits per heavy atom. The van der Waals surface area contributed by atoms with Gasteiger partial charge in [0.05, 0.1) is 47.7 Å². The highest BCUT2D eigenvalue weighted by Crippen LogP contribution is 2.37. The van der Waals surface area contributed by atoms with Crippen LogP contribution in [0.3, 0.4) is 0 Å². The monoisotopic (exact) mass is 532 g/mol. The van der Waals surface area contributed by atoms with Crippen molar-refractivity contribution in [2.45, 2.75) is 20.0 Å². The minimum absolute atomic E-state index is 0.259. The molecule has 0 radical (unpaired) electrons. The molecule has 0 fully saturated rings. The molecule has 3 N–H and O–H groups in total. The Balaban J connectivity index is 1.76. The summed E-state index contributed by atoms with van der Waals surface area (Å²) in [5.74, 6) is 0.358. The second-order valence-corrected chi connectivity index (χ2v) is 9.88. The zero-order valence-electron chi connectivity index (χ0n) is 23.5. The molecule has 0 atom stereocenters. The largest absolute Gasteiger partial charge is 0.494 e. The first-order valence-corrected chi connectivity index (χ1v) is 12.7. The molecule has 4 rings (SSSR count). The SMILES string of the molecule is COc1cc(N(C)CCN(C)C)c(N)cc1Nc1ncc(C(=O)OC(C)C)c(-c2cccc3c2cnn3C)n1. The van der Waals surface area contributed by atoms with E-state index in [1.807, 2.05) is 52.5 Å². The lowest BCUT2D eigenvalue weighted by Gasteiger charge is -2.24. The molecule has 11 nitrogen and oxygen atoms in total. The number of nitrogens with zero attached hydrogens (tertiary/aromatic N) is 6. The van der Waals surface area contributed by atoms with Gasteiger partial charge in [0.25, 0.3) is 0 Å². The van der Waals surface area contributed by atoms with E-state index in [1.165, 1.54) is 6.20 Å². The molecule has 0 amide bonds. The molecule has 2 aromatic carbocycles. The second-order valence-electron chi connectivity index (χ2n) is 9.88. The molecule has 0 unspecified atom stereocenters. The maximum atomic E-state index is 13.0. The molecule has 2 aromatic heterocycles. The van der Waals surface area contributed by atoms with Gasteiger partial charge >= 0.3 is 5.97 Å². The fourth-order valence-electron chi connectivity index (χ4n) is 4.23. The zero-order chi connectivity index (χ0) is 28.3. The topological polar surface area (TPSA) is 124 Å². The van der Waals surface area contributed by atoms with Gasteiger partial charge in [-0.15, -0.1) is 0 Å². The summed E-state index contributed by atoms with van der Waals surface area (Å²) in [6, 6.07) is 9.45. The maximum absolute atomic E-state index is 13.0. The van der Waals surface area contributed by atoms with Crippen LogP contribution in [0.2, 0.25) is 0 Å². The average Bonchev–Trinajstić information content (AvgIpc) is 3.27. The van der Waals surface area contributed by atoms with E-state index in [0.717, 1.165) is 35.2 Å². The minimum Gasteiger partial charge on any atom is -0.494 e. The van der Waals surface area contributed by atoms with Gasteiger partial charge in [0.15, 0.2) is 0 Å². The second kappa shape index (κ2) is 11.6. The number of aromatic nitrogens is 4. The predicted molar refractivity (Wildman–Crippen MR) is 155 cm³/mol. The number of fused-ring (bicyclic) bond motifs is 1. The van der Waals surface area contributed by atoms with Gasteiger partial charge in [0.1, 0.15) is 11.3 Å². The van der Waals surface area contributed by atoms with Crippen molar-refractivity contribution in [2.75, 3.05) is 57.3 Å². The normalized spacial score (nSPS) is 11.3. The third-order valence-electron chi connectivity index (χ3n) is 6.29. The number of hydrogen-bond donors (Lipinski definition) is 2. The number of nitrogens with two attached hydrogens (primary N) is 1. The van der Waals surface area contributed by atoms with Crippen molar-refractivity contribution < 1.29 is 14.3 Å². The number of anilines is 4. The van der Waals surface area contributed by atoms with Crippen LogP contribution in [0.5, 0.6) is 5.75 Å². The number of hydrogen-bond acceptors (Lipinski definition) is 10. The quantitative estimate of drug-likeness (QED) is 0.229. The summed E-state index contributed by atoms with van der Waals surface area (Å²) in [5, 5.41) is 8.46. The number of carbonyl (C=O) groups excluding carboxylic acids is 1. The standard InChI is InChI=1S/C28H36N8O3/c1-17(2)39-27(37)20-15-30-28(33-26(20)18-9-8-10-23-19(18)16-31-36(23)6)32-22-13-21(29)24(14-25(22)38-7)35(5)12-11-34(3)4/h8-10,13-17H,11-12,29H2,1-7H3,(H,30,32,33). The number of nitrogens with one attached hydrogen (secondary N) is 1. The van der Waals surface area contributed by atoms with Gasteiger partial charge in [0, 0.05) is 50.4 Å². The highest BCUT2D eigenvalue weighted by atomic mass is 16.5. The van der Waals surface area contributed by atoms with Gasteiger partial charge in [0.2, 0.25) is 5.95 Å². The number of ether oxygens (including phenoxy) is 2. The Labute approximate surface area is 228 Å². The molecule has 0 bridgehead atoms. The van der Waals surface area contributed by atoms with E-state index < -0.39 is 5.97 Å². The molecule has 0 saturated heterocycles. The van der Waals surface area contributed by atoms with Crippen LogP contribution in [0.15, 0.2) is 42.7 Å². The summed E-state index contributed by atoms with van der Waals surface area (Å²) >= 11 is 0. The van der Waals surface area contributed by atoms with Crippen LogP contribution in [0.4, 0.5) is 23.0 Å². The van der Waals surface area contributed by atoms with Crippen LogP contribution in [-0.2, 0) is 11.8 Å². The van der Waals surface area contributed by atoms with E-state index in [2.05, 4.69) is 25.2 Å². The smallest absolute Gasteiger partial charge is 0.342 e. The summed E-state index contributed by atoms with van der Waals surface area (Å²) < 4.78 is 12.9. The molecule has 39 heavy (non-hydrogen) atoms. The van der Waals surface area contributed by atoms with Crippen molar-refractivity contribution in [3.63, 3.8) is 0 Å². The Morgan fingerprint density at radius 3 is 2.62 bits per heavy atom. The molecular formula is C28H36N8O3. The lowest BCUT2D eigenvalue weighted by atomic mass is 10.0. The van der Waals surface area contributed by atoms with Crippen molar-refractivity contribution in [3.8, 4) is 17.0 Å². The van der Waals surface area contributed by atoms with E-state index in [0.29, 0.717) is 22.8 Å². The summed E-state index contributed by atoms with van der Waals surface area (Å²) in [4.78, 5) is 26.4. The van der Waals surface area contributed by atoms with Crippen molar-refractivity contribution in [3.05, 3.63) is 48.3 Å². The van der Waals surface area contributed by atoms with Crippen LogP contribution in [-0.4, -0.2) is 78.1 Å². The zero-order valence-corrected chi connectivity index (χ0v) is 23.5. The van der Waals surface area contributed by atoms with Gasteiger partial charge < -0.3 is 30.3 Å². The molecule has 0 aliphatic carbocycles. The highest BCUT2D eigenvalue weighted by molar-refractivity contribution is 6.02. The molecule has 4 aromatic rings. The van der Waals surface area contributed by atoms with E-state index in [4.69, 9.17) is 20.2 Å². The fourth-order valence-corrected chi connectivity index (χ4v) is 4.23. The lowest BCUT2D eigenvalue weighted by Crippen LogP contribution is -2.29. The molecule has 0 spiro atoms. The Hall–Kier alpha value is -4.38. The van der Waals surface area contributed by atoms with Crippen molar-refractivity contribution in [1.29, 1.82) is 0 Å². The van der Waals surface area contributed by atoms with Gasteiger partial charge in [-0.1, -0.05) is 12.1 Å². The van der Waals surface area contributed by atoms with Gasteiger partial charge in [-0.05, 0) is 40.1 Å². The van der Waals surface area contributed by atoms with Crippen molar-refractivity contribution >= 4 is 39.9 Å². The lowest BCUT2D eigenvalue weighted by molar-refractivity contribution is 0.0378.